The van der Waals surface area contributed by atoms with E-state index in [0.29, 0.717) is 24.2 Å². The molecule has 5 nitrogen and oxygen atoms in total. The number of rotatable bonds is 5. The predicted molar refractivity (Wildman–Crippen MR) is 63.5 cm³/mol. The Hall–Kier alpha value is -0.940. The molecule has 0 saturated carbocycles. The van der Waals surface area contributed by atoms with Gasteiger partial charge in [0.25, 0.3) is 0 Å². The van der Waals surface area contributed by atoms with Crippen molar-refractivity contribution in [1.29, 1.82) is 0 Å². The van der Waals surface area contributed by atoms with Crippen molar-refractivity contribution in [1.82, 2.24) is 15.5 Å². The zero-order valence-corrected chi connectivity index (χ0v) is 10.8. The molecule has 0 aliphatic carbocycles. The van der Waals surface area contributed by atoms with Crippen LogP contribution in [0.25, 0.3) is 0 Å². The van der Waals surface area contributed by atoms with Crippen molar-refractivity contribution in [3.63, 3.8) is 0 Å². The number of nitrogens with one attached hydrogen (secondary N) is 1. The van der Waals surface area contributed by atoms with Gasteiger partial charge in [-0.1, -0.05) is 19.0 Å². The van der Waals surface area contributed by atoms with Gasteiger partial charge in [0.1, 0.15) is 6.10 Å². The SMILES string of the molecule is CCOC(c1noc([C@H]2CCCN2)n1)C(C)C. The van der Waals surface area contributed by atoms with E-state index in [9.17, 15) is 0 Å². The van der Waals surface area contributed by atoms with Crippen molar-refractivity contribution in [2.45, 2.75) is 45.8 Å². The van der Waals surface area contributed by atoms with E-state index in [1.807, 2.05) is 6.92 Å². The number of nitrogens with zero attached hydrogens (tertiary/aromatic N) is 2. The first kappa shape index (κ1) is 12.5. The third-order valence-corrected chi connectivity index (χ3v) is 3.02. The summed E-state index contributed by atoms with van der Waals surface area (Å²) in [4.78, 5) is 4.47. The highest BCUT2D eigenvalue weighted by atomic mass is 16.5. The molecule has 1 aromatic heterocycles. The minimum atomic E-state index is -0.0705. The maximum atomic E-state index is 5.66. The van der Waals surface area contributed by atoms with Crippen molar-refractivity contribution in [2.24, 2.45) is 5.92 Å². The number of hydrogen-bond donors (Lipinski definition) is 1. The number of hydrogen-bond acceptors (Lipinski definition) is 5. The van der Waals surface area contributed by atoms with Gasteiger partial charge in [0.05, 0.1) is 6.04 Å². The Morgan fingerprint density at radius 1 is 1.53 bits per heavy atom. The smallest absolute Gasteiger partial charge is 0.243 e. The molecule has 0 amide bonds. The van der Waals surface area contributed by atoms with Crippen LogP contribution in [0.15, 0.2) is 4.52 Å². The molecular weight excluding hydrogens is 218 g/mol. The Balaban J connectivity index is 2.09. The quantitative estimate of drug-likeness (QED) is 0.853. The largest absolute Gasteiger partial charge is 0.370 e. The lowest BCUT2D eigenvalue weighted by Gasteiger charge is -2.16. The van der Waals surface area contributed by atoms with Gasteiger partial charge in [-0.2, -0.15) is 4.98 Å². The molecule has 1 aromatic rings. The van der Waals surface area contributed by atoms with E-state index in [0.717, 1.165) is 13.0 Å². The second kappa shape index (κ2) is 5.60. The van der Waals surface area contributed by atoms with Crippen LogP contribution in [0.5, 0.6) is 0 Å². The molecule has 1 unspecified atom stereocenters. The second-order valence-electron chi connectivity index (χ2n) is 4.76. The summed E-state index contributed by atoms with van der Waals surface area (Å²) in [6.45, 7) is 7.87. The van der Waals surface area contributed by atoms with Crippen molar-refractivity contribution < 1.29 is 9.26 Å². The summed E-state index contributed by atoms with van der Waals surface area (Å²) in [5.74, 6) is 1.71. The zero-order chi connectivity index (χ0) is 12.3. The standard InChI is InChI=1S/C12H21N3O2/c1-4-16-10(8(2)3)11-14-12(17-15-11)9-6-5-7-13-9/h8-10,13H,4-7H2,1-3H3/t9-,10?/m1/s1. The molecule has 5 heteroatoms. The fourth-order valence-electron chi connectivity index (χ4n) is 2.14. The Bertz CT molecular complexity index is 345. The van der Waals surface area contributed by atoms with Crippen molar-refractivity contribution >= 4 is 0 Å². The molecule has 96 valence electrons. The normalized spacial score (nSPS) is 22.2. The molecule has 2 atom stereocenters. The Morgan fingerprint density at radius 2 is 2.35 bits per heavy atom. The molecule has 1 fully saturated rings. The van der Waals surface area contributed by atoms with Crippen LogP contribution in [0, 0.1) is 5.92 Å². The van der Waals surface area contributed by atoms with Crippen LogP contribution in [0.4, 0.5) is 0 Å². The van der Waals surface area contributed by atoms with E-state index < -0.39 is 0 Å². The van der Waals surface area contributed by atoms with Crippen LogP contribution < -0.4 is 5.32 Å². The molecule has 2 heterocycles. The monoisotopic (exact) mass is 239 g/mol. The summed E-state index contributed by atoms with van der Waals surface area (Å²) in [7, 11) is 0. The fourth-order valence-corrected chi connectivity index (χ4v) is 2.14. The third-order valence-electron chi connectivity index (χ3n) is 3.02. The lowest BCUT2D eigenvalue weighted by atomic mass is 10.1. The number of ether oxygens (including phenoxy) is 1. The molecule has 1 saturated heterocycles. The summed E-state index contributed by atoms with van der Waals surface area (Å²) in [5, 5.41) is 7.40. The topological polar surface area (TPSA) is 60.2 Å². The van der Waals surface area contributed by atoms with Gasteiger partial charge in [0.2, 0.25) is 11.7 Å². The molecule has 1 aliphatic heterocycles. The summed E-state index contributed by atoms with van der Waals surface area (Å²) < 4.78 is 11.0. The molecule has 17 heavy (non-hydrogen) atoms. The molecule has 0 aromatic carbocycles. The van der Waals surface area contributed by atoms with Gasteiger partial charge in [0.15, 0.2) is 0 Å². The summed E-state index contributed by atoms with van der Waals surface area (Å²) in [5.41, 5.74) is 0. The molecule has 2 rings (SSSR count). The van der Waals surface area contributed by atoms with Gasteiger partial charge < -0.3 is 14.6 Å². The average molecular weight is 239 g/mol. The van der Waals surface area contributed by atoms with E-state index >= 15 is 0 Å². The van der Waals surface area contributed by atoms with Crippen molar-refractivity contribution in [3.05, 3.63) is 11.7 Å². The maximum absolute atomic E-state index is 5.66. The highest BCUT2D eigenvalue weighted by molar-refractivity contribution is 4.98. The average Bonchev–Trinajstić information content (AvgIpc) is 2.95. The first-order valence-electron chi connectivity index (χ1n) is 6.40. The lowest BCUT2D eigenvalue weighted by molar-refractivity contribution is 0.0217. The summed E-state index contributed by atoms with van der Waals surface area (Å²) in [6, 6.07) is 0.227. The summed E-state index contributed by atoms with van der Waals surface area (Å²) in [6.07, 6.45) is 2.17. The predicted octanol–water partition coefficient (Wildman–Crippen LogP) is 2.23. The molecule has 0 radical (unpaired) electrons. The van der Waals surface area contributed by atoms with Crippen LogP contribution in [-0.4, -0.2) is 23.3 Å². The maximum Gasteiger partial charge on any atom is 0.243 e. The van der Waals surface area contributed by atoms with E-state index in [1.54, 1.807) is 0 Å². The molecule has 0 bridgehead atoms. The van der Waals surface area contributed by atoms with Crippen LogP contribution >= 0.6 is 0 Å². The molecular formula is C12H21N3O2. The molecule has 1 aliphatic rings. The van der Waals surface area contributed by atoms with E-state index in [2.05, 4.69) is 29.3 Å². The van der Waals surface area contributed by atoms with Crippen LogP contribution in [0.3, 0.4) is 0 Å². The first-order chi connectivity index (χ1) is 8.22. The van der Waals surface area contributed by atoms with Gasteiger partial charge in [0, 0.05) is 6.61 Å². The second-order valence-corrected chi connectivity index (χ2v) is 4.76. The van der Waals surface area contributed by atoms with Gasteiger partial charge >= 0.3 is 0 Å². The van der Waals surface area contributed by atoms with E-state index in [-0.39, 0.29) is 12.1 Å². The number of aromatic nitrogens is 2. The molecule has 0 spiro atoms. The molecule has 1 N–H and O–H groups in total. The minimum Gasteiger partial charge on any atom is -0.370 e. The first-order valence-corrected chi connectivity index (χ1v) is 6.40. The highest BCUT2D eigenvalue weighted by Crippen LogP contribution is 2.26. The Labute approximate surface area is 102 Å². The van der Waals surface area contributed by atoms with Crippen molar-refractivity contribution in [2.75, 3.05) is 13.2 Å². The van der Waals surface area contributed by atoms with E-state index in [1.165, 1.54) is 6.42 Å². The summed E-state index contributed by atoms with van der Waals surface area (Å²) >= 11 is 0. The third kappa shape index (κ3) is 2.84. The van der Waals surface area contributed by atoms with Crippen LogP contribution in [0.1, 0.15) is 57.5 Å². The fraction of sp³-hybridized carbons (Fsp3) is 0.833. The van der Waals surface area contributed by atoms with E-state index in [4.69, 9.17) is 9.26 Å². The van der Waals surface area contributed by atoms with Gasteiger partial charge in [-0.05, 0) is 32.2 Å². The van der Waals surface area contributed by atoms with Gasteiger partial charge in [-0.25, -0.2) is 0 Å². The Kier molecular flexibility index (Phi) is 4.12. The highest BCUT2D eigenvalue weighted by Gasteiger charge is 2.26. The zero-order valence-electron chi connectivity index (χ0n) is 10.8. The lowest BCUT2D eigenvalue weighted by Crippen LogP contribution is -2.15. The minimum absolute atomic E-state index is 0.0705. The van der Waals surface area contributed by atoms with Crippen molar-refractivity contribution in [3.8, 4) is 0 Å². The Morgan fingerprint density at radius 3 is 2.94 bits per heavy atom. The van der Waals surface area contributed by atoms with Crippen LogP contribution in [-0.2, 0) is 4.74 Å². The van der Waals surface area contributed by atoms with Crippen LogP contribution in [0.2, 0.25) is 0 Å². The van der Waals surface area contributed by atoms with Gasteiger partial charge in [-0.3, -0.25) is 0 Å². The van der Waals surface area contributed by atoms with Gasteiger partial charge in [-0.15, -0.1) is 0 Å².